The van der Waals surface area contributed by atoms with Gasteiger partial charge in [-0.05, 0) is 73.9 Å². The third-order valence-electron chi connectivity index (χ3n) is 8.04. The Morgan fingerprint density at radius 2 is 1.78 bits per heavy atom. The Kier molecular flexibility index (Phi) is 5.14. The molecular weight excluding hydrogens is 352 g/mol. The van der Waals surface area contributed by atoms with E-state index >= 15 is 0 Å². The first-order valence-corrected chi connectivity index (χ1v) is 13.3. The zero-order valence-corrected chi connectivity index (χ0v) is 18.8. The van der Waals surface area contributed by atoms with Crippen molar-refractivity contribution in [3.63, 3.8) is 0 Å². The quantitative estimate of drug-likeness (QED) is 0.533. The maximum Gasteiger partial charge on any atom is 0.250 e. The molecule has 3 nitrogen and oxygen atoms in total. The summed E-state index contributed by atoms with van der Waals surface area (Å²) in [4.78, 5) is 11.5. The Labute approximate surface area is 165 Å². The molecule has 1 aromatic rings. The first-order valence-electron chi connectivity index (χ1n) is 10.4. The fourth-order valence-corrected chi connectivity index (χ4v) is 5.87. The molecule has 0 aliphatic heterocycles. The average molecular weight is 389 g/mol. The van der Waals surface area contributed by atoms with E-state index in [-0.39, 0.29) is 16.4 Å². The van der Waals surface area contributed by atoms with Crippen molar-refractivity contribution in [1.29, 1.82) is 0 Å². The smallest absolute Gasteiger partial charge is 0.250 e. The number of hydrogen-bond donors (Lipinski definition) is 1. The highest BCUT2D eigenvalue weighted by Crippen LogP contribution is 2.60. The topological polar surface area (TPSA) is 46.5 Å². The number of aliphatic hydroxyl groups is 1. The second kappa shape index (κ2) is 6.73. The standard InChI is InChI=1S/C23H36O3Si/c1-21(2,3)27(5,6)26-20-9-7-17(8-10-20)18-11-13-22(4)19(16-24)12-14-23(22,25)15-18/h7-10,16,18-19,25H,11-15H2,1-6H3/t18-,19+,22+,23-/m0/s1. The normalized spacial score (nSPS) is 34.2. The van der Waals surface area contributed by atoms with E-state index in [0.29, 0.717) is 5.92 Å². The van der Waals surface area contributed by atoms with Crippen LogP contribution in [-0.4, -0.2) is 25.3 Å². The van der Waals surface area contributed by atoms with Crippen molar-refractivity contribution in [1.82, 2.24) is 0 Å². The molecule has 2 saturated carbocycles. The molecule has 4 heteroatoms. The number of carbonyl (C=O) groups excluding carboxylic acids is 1. The number of fused-ring (bicyclic) bond motifs is 1. The van der Waals surface area contributed by atoms with E-state index in [1.54, 1.807) is 0 Å². The summed E-state index contributed by atoms with van der Waals surface area (Å²) in [5.74, 6) is 1.31. The van der Waals surface area contributed by atoms with Crippen molar-refractivity contribution in [3.8, 4) is 5.75 Å². The molecule has 0 unspecified atom stereocenters. The summed E-state index contributed by atoms with van der Waals surface area (Å²) < 4.78 is 6.39. The summed E-state index contributed by atoms with van der Waals surface area (Å²) in [7, 11) is -1.83. The van der Waals surface area contributed by atoms with Crippen molar-refractivity contribution in [2.45, 2.75) is 89.5 Å². The Balaban J connectivity index is 1.73. The summed E-state index contributed by atoms with van der Waals surface area (Å²) in [5, 5.41) is 11.5. The monoisotopic (exact) mass is 388 g/mol. The Bertz CT molecular complexity index is 691. The van der Waals surface area contributed by atoms with Gasteiger partial charge in [-0.25, -0.2) is 0 Å². The zero-order chi connectivity index (χ0) is 20.1. The van der Waals surface area contributed by atoms with E-state index in [9.17, 15) is 9.90 Å². The van der Waals surface area contributed by atoms with Gasteiger partial charge in [0.25, 0.3) is 0 Å². The minimum Gasteiger partial charge on any atom is -0.544 e. The second-order valence-corrected chi connectivity index (χ2v) is 15.3. The molecule has 3 rings (SSSR count). The molecule has 0 radical (unpaired) electrons. The van der Waals surface area contributed by atoms with Gasteiger partial charge in [0.1, 0.15) is 12.0 Å². The van der Waals surface area contributed by atoms with Crippen molar-refractivity contribution in [2.75, 3.05) is 0 Å². The maximum atomic E-state index is 11.5. The molecule has 4 atom stereocenters. The van der Waals surface area contributed by atoms with Crippen molar-refractivity contribution in [3.05, 3.63) is 29.8 Å². The van der Waals surface area contributed by atoms with Crippen LogP contribution in [0.25, 0.3) is 0 Å². The number of hydrogen-bond acceptors (Lipinski definition) is 3. The van der Waals surface area contributed by atoms with Gasteiger partial charge in [-0.3, -0.25) is 0 Å². The predicted molar refractivity (Wildman–Crippen MR) is 113 cm³/mol. The van der Waals surface area contributed by atoms with E-state index in [1.165, 1.54) is 5.56 Å². The minimum atomic E-state index is -1.83. The highest BCUT2D eigenvalue weighted by molar-refractivity contribution is 6.74. The molecule has 2 aliphatic carbocycles. The van der Waals surface area contributed by atoms with Crippen LogP contribution < -0.4 is 4.43 Å². The van der Waals surface area contributed by atoms with Crippen molar-refractivity contribution >= 4 is 14.6 Å². The summed E-state index contributed by atoms with van der Waals surface area (Å²) in [6, 6.07) is 8.53. The lowest BCUT2D eigenvalue weighted by atomic mass is 9.59. The summed E-state index contributed by atoms with van der Waals surface area (Å²) in [6.45, 7) is 13.4. The molecule has 0 saturated heterocycles. The number of carbonyl (C=O) groups is 1. The highest BCUT2D eigenvalue weighted by Gasteiger charge is 2.58. The van der Waals surface area contributed by atoms with Crippen LogP contribution in [0.15, 0.2) is 24.3 Å². The van der Waals surface area contributed by atoms with Crippen molar-refractivity contribution in [2.24, 2.45) is 11.3 Å². The lowest BCUT2D eigenvalue weighted by Crippen LogP contribution is -2.49. The van der Waals surface area contributed by atoms with Crippen LogP contribution in [0.1, 0.15) is 71.3 Å². The molecular formula is C23H36O3Si. The Morgan fingerprint density at radius 1 is 1.15 bits per heavy atom. The molecule has 0 heterocycles. The minimum absolute atomic E-state index is 0.00353. The molecule has 150 valence electrons. The first kappa shape index (κ1) is 20.6. The lowest BCUT2D eigenvalue weighted by molar-refractivity contribution is -0.128. The van der Waals surface area contributed by atoms with Crippen LogP contribution in [0, 0.1) is 11.3 Å². The zero-order valence-electron chi connectivity index (χ0n) is 17.8. The van der Waals surface area contributed by atoms with Crippen LogP contribution >= 0.6 is 0 Å². The van der Waals surface area contributed by atoms with E-state index in [0.717, 1.165) is 44.1 Å². The van der Waals surface area contributed by atoms with E-state index < -0.39 is 13.9 Å². The van der Waals surface area contributed by atoms with E-state index in [2.05, 4.69) is 65.1 Å². The molecule has 0 aromatic heterocycles. The van der Waals surface area contributed by atoms with Gasteiger partial charge in [-0.2, -0.15) is 0 Å². The molecule has 1 aromatic carbocycles. The lowest BCUT2D eigenvalue weighted by Gasteiger charge is -2.48. The summed E-state index contributed by atoms with van der Waals surface area (Å²) >= 11 is 0. The fraction of sp³-hybridized carbons (Fsp3) is 0.696. The summed E-state index contributed by atoms with van der Waals surface area (Å²) in [5.41, 5.74) is 0.316. The van der Waals surface area contributed by atoms with Crippen LogP contribution in [0.5, 0.6) is 5.75 Å². The molecule has 2 fully saturated rings. The number of benzene rings is 1. The molecule has 0 amide bonds. The van der Waals surface area contributed by atoms with Gasteiger partial charge in [-0.1, -0.05) is 39.8 Å². The SMILES string of the molecule is CC(C)(C)[Si](C)(C)Oc1ccc([C@H]2CC[C@]3(C)[C@@H](C=O)CC[C@]3(O)C2)cc1. The van der Waals surface area contributed by atoms with E-state index in [1.807, 2.05) is 0 Å². The Morgan fingerprint density at radius 3 is 2.33 bits per heavy atom. The van der Waals surface area contributed by atoms with Gasteiger partial charge in [0.15, 0.2) is 0 Å². The molecule has 0 bridgehead atoms. The van der Waals surface area contributed by atoms with Gasteiger partial charge < -0.3 is 14.3 Å². The van der Waals surface area contributed by atoms with Gasteiger partial charge in [-0.15, -0.1) is 0 Å². The molecule has 0 spiro atoms. The highest BCUT2D eigenvalue weighted by atomic mass is 28.4. The fourth-order valence-electron chi connectivity index (χ4n) is 4.84. The van der Waals surface area contributed by atoms with Gasteiger partial charge in [0, 0.05) is 11.3 Å². The van der Waals surface area contributed by atoms with Crippen LogP contribution in [0.4, 0.5) is 0 Å². The van der Waals surface area contributed by atoms with E-state index in [4.69, 9.17) is 4.43 Å². The average Bonchev–Trinajstić information content (AvgIpc) is 2.84. The number of rotatable bonds is 4. The van der Waals surface area contributed by atoms with Crippen LogP contribution in [0.3, 0.4) is 0 Å². The first-order chi connectivity index (χ1) is 12.4. The van der Waals surface area contributed by atoms with Gasteiger partial charge in [0.05, 0.1) is 5.60 Å². The third-order valence-corrected chi connectivity index (χ3v) is 12.4. The van der Waals surface area contributed by atoms with Crippen molar-refractivity contribution < 1.29 is 14.3 Å². The summed E-state index contributed by atoms with van der Waals surface area (Å²) in [6.07, 6.45) is 5.35. The Hall–Kier alpha value is -1.13. The molecule has 27 heavy (non-hydrogen) atoms. The van der Waals surface area contributed by atoms with Gasteiger partial charge in [0.2, 0.25) is 8.32 Å². The van der Waals surface area contributed by atoms with Crippen LogP contribution in [-0.2, 0) is 4.79 Å². The third kappa shape index (κ3) is 3.51. The van der Waals surface area contributed by atoms with Gasteiger partial charge >= 0.3 is 0 Å². The molecule has 2 aliphatic rings. The maximum absolute atomic E-state index is 11.5. The molecule has 1 N–H and O–H groups in total. The number of aldehydes is 1. The largest absolute Gasteiger partial charge is 0.544 e. The second-order valence-electron chi connectivity index (χ2n) is 10.6. The predicted octanol–water partition coefficient (Wildman–Crippen LogP) is 5.68. The van der Waals surface area contributed by atoms with Crippen LogP contribution in [0.2, 0.25) is 18.1 Å².